The summed E-state index contributed by atoms with van der Waals surface area (Å²) in [5, 5.41) is 2.72. The van der Waals surface area contributed by atoms with Gasteiger partial charge in [-0.1, -0.05) is 6.92 Å². The van der Waals surface area contributed by atoms with Crippen LogP contribution in [-0.2, 0) is 19.1 Å². The summed E-state index contributed by atoms with van der Waals surface area (Å²) in [7, 11) is 0. The lowest BCUT2D eigenvalue weighted by Crippen LogP contribution is -2.57. The lowest BCUT2D eigenvalue weighted by Gasteiger charge is -2.34. The smallest absolute Gasteiger partial charge is 0.308 e. The maximum atomic E-state index is 13.0. The summed E-state index contributed by atoms with van der Waals surface area (Å²) in [6, 6.07) is 5.93. The van der Waals surface area contributed by atoms with Crippen molar-refractivity contribution in [3.05, 3.63) is 29.8 Å². The Morgan fingerprint density at radius 1 is 1.28 bits per heavy atom. The second-order valence-electron chi connectivity index (χ2n) is 7.20. The highest BCUT2D eigenvalue weighted by Crippen LogP contribution is 2.18. The fourth-order valence-electron chi connectivity index (χ4n) is 3.42. The summed E-state index contributed by atoms with van der Waals surface area (Å²) in [6.45, 7) is 4.17. The third-order valence-electron chi connectivity index (χ3n) is 4.98. The van der Waals surface area contributed by atoms with Crippen LogP contribution in [0.1, 0.15) is 43.0 Å². The maximum absolute atomic E-state index is 13.0. The van der Waals surface area contributed by atoms with Crippen molar-refractivity contribution in [2.45, 2.75) is 44.8 Å². The summed E-state index contributed by atoms with van der Waals surface area (Å²) in [5.74, 6) is -0.460. The predicted molar refractivity (Wildman–Crippen MR) is 105 cm³/mol. The number of carbonyl (C=O) groups excluding carboxylic acids is 3. The molecule has 0 aliphatic carbocycles. The van der Waals surface area contributed by atoms with Gasteiger partial charge in [0, 0.05) is 25.3 Å². The molecule has 2 saturated heterocycles. The Hall–Kier alpha value is -2.61. The SMILES string of the molecule is CCCOc1ccc(C(=O)N2CCNC(=O)[C@H]2CC(=O)OC[C@H]2CCCO2)cc1. The highest BCUT2D eigenvalue weighted by Gasteiger charge is 2.35. The van der Waals surface area contributed by atoms with E-state index in [4.69, 9.17) is 14.2 Å². The molecule has 0 unspecified atom stereocenters. The quantitative estimate of drug-likeness (QED) is 0.661. The molecule has 8 nitrogen and oxygen atoms in total. The van der Waals surface area contributed by atoms with Gasteiger partial charge >= 0.3 is 5.97 Å². The molecule has 0 spiro atoms. The third kappa shape index (κ3) is 5.69. The molecule has 2 heterocycles. The van der Waals surface area contributed by atoms with Gasteiger partial charge in [0.15, 0.2) is 0 Å². The molecule has 2 amide bonds. The molecule has 1 aromatic rings. The molecule has 2 fully saturated rings. The van der Waals surface area contributed by atoms with Crippen LogP contribution in [0.3, 0.4) is 0 Å². The first-order chi connectivity index (χ1) is 14.1. The lowest BCUT2D eigenvalue weighted by molar-refractivity contribution is -0.150. The van der Waals surface area contributed by atoms with E-state index in [0.717, 1.165) is 19.3 Å². The molecule has 2 aliphatic rings. The zero-order chi connectivity index (χ0) is 20.6. The van der Waals surface area contributed by atoms with Gasteiger partial charge in [0.1, 0.15) is 18.4 Å². The molecule has 1 N–H and O–H groups in total. The molecule has 2 atom stereocenters. The number of nitrogens with zero attached hydrogens (tertiary/aromatic N) is 1. The monoisotopic (exact) mass is 404 g/mol. The van der Waals surface area contributed by atoms with E-state index >= 15 is 0 Å². The Labute approximate surface area is 170 Å². The topological polar surface area (TPSA) is 94.2 Å². The molecule has 0 radical (unpaired) electrons. The predicted octanol–water partition coefficient (Wildman–Crippen LogP) is 1.53. The normalized spacial score (nSPS) is 21.6. The molecule has 8 heteroatoms. The first-order valence-corrected chi connectivity index (χ1v) is 10.2. The molecule has 1 aromatic carbocycles. The standard InChI is InChI=1S/C21H28N2O6/c1-2-11-27-16-7-5-15(6-8-16)21(26)23-10-9-22-20(25)18(23)13-19(24)29-14-17-4-3-12-28-17/h5-8,17-18H,2-4,9-14H2,1H3,(H,22,25)/t17-,18-/m1/s1. The van der Waals surface area contributed by atoms with Gasteiger partial charge in [-0.15, -0.1) is 0 Å². The van der Waals surface area contributed by atoms with Crippen LogP contribution in [0.15, 0.2) is 24.3 Å². The Morgan fingerprint density at radius 3 is 2.76 bits per heavy atom. The first kappa shape index (κ1) is 21.1. The van der Waals surface area contributed by atoms with Crippen LogP contribution in [0, 0.1) is 0 Å². The van der Waals surface area contributed by atoms with E-state index in [0.29, 0.717) is 37.6 Å². The number of carbonyl (C=O) groups is 3. The lowest BCUT2D eigenvalue weighted by atomic mass is 10.1. The van der Waals surface area contributed by atoms with Gasteiger partial charge in [0.25, 0.3) is 5.91 Å². The van der Waals surface area contributed by atoms with Crippen LogP contribution >= 0.6 is 0 Å². The minimum absolute atomic E-state index is 0.0784. The molecule has 0 aromatic heterocycles. The van der Waals surface area contributed by atoms with Gasteiger partial charge < -0.3 is 24.4 Å². The van der Waals surface area contributed by atoms with E-state index < -0.39 is 12.0 Å². The number of hydrogen-bond donors (Lipinski definition) is 1. The molecular weight excluding hydrogens is 376 g/mol. The second kappa shape index (κ2) is 10.2. The summed E-state index contributed by atoms with van der Waals surface area (Å²) in [5.41, 5.74) is 0.446. The highest BCUT2D eigenvalue weighted by molar-refractivity contribution is 5.99. The van der Waals surface area contributed by atoms with E-state index in [-0.39, 0.29) is 30.9 Å². The summed E-state index contributed by atoms with van der Waals surface area (Å²) in [6.07, 6.45) is 2.46. The largest absolute Gasteiger partial charge is 0.494 e. The average molecular weight is 404 g/mol. The summed E-state index contributed by atoms with van der Waals surface area (Å²) in [4.78, 5) is 39.0. The van der Waals surface area contributed by atoms with Gasteiger partial charge in [-0.2, -0.15) is 0 Å². The summed E-state index contributed by atoms with van der Waals surface area (Å²) < 4.78 is 16.2. The number of piperazine rings is 1. The average Bonchev–Trinajstić information content (AvgIpc) is 3.26. The van der Waals surface area contributed by atoms with Crippen molar-refractivity contribution in [2.24, 2.45) is 0 Å². The maximum Gasteiger partial charge on any atom is 0.308 e. The third-order valence-corrected chi connectivity index (χ3v) is 4.98. The van der Waals surface area contributed by atoms with E-state index in [1.165, 1.54) is 4.90 Å². The Kier molecular flexibility index (Phi) is 7.46. The molecule has 0 bridgehead atoms. The van der Waals surface area contributed by atoms with E-state index in [9.17, 15) is 14.4 Å². The van der Waals surface area contributed by atoms with Crippen molar-refractivity contribution in [3.8, 4) is 5.75 Å². The number of ether oxygens (including phenoxy) is 3. The van der Waals surface area contributed by atoms with Crippen molar-refractivity contribution in [1.82, 2.24) is 10.2 Å². The van der Waals surface area contributed by atoms with Crippen molar-refractivity contribution >= 4 is 17.8 Å². The summed E-state index contributed by atoms with van der Waals surface area (Å²) >= 11 is 0. The number of rotatable bonds is 8. The number of benzene rings is 1. The zero-order valence-corrected chi connectivity index (χ0v) is 16.7. The minimum atomic E-state index is -0.885. The fraction of sp³-hybridized carbons (Fsp3) is 0.571. The van der Waals surface area contributed by atoms with Gasteiger partial charge in [0.05, 0.1) is 19.1 Å². The highest BCUT2D eigenvalue weighted by atomic mass is 16.6. The number of esters is 1. The molecule has 29 heavy (non-hydrogen) atoms. The van der Waals surface area contributed by atoms with Crippen LogP contribution in [0.25, 0.3) is 0 Å². The number of amides is 2. The molecule has 0 saturated carbocycles. The molecule has 2 aliphatic heterocycles. The van der Waals surface area contributed by atoms with Gasteiger partial charge in [-0.3, -0.25) is 14.4 Å². The van der Waals surface area contributed by atoms with Crippen LogP contribution < -0.4 is 10.1 Å². The Balaban J connectivity index is 1.61. The Morgan fingerprint density at radius 2 is 2.07 bits per heavy atom. The van der Waals surface area contributed by atoms with Crippen molar-refractivity contribution in [1.29, 1.82) is 0 Å². The van der Waals surface area contributed by atoms with Gasteiger partial charge in [-0.25, -0.2) is 0 Å². The Bertz CT molecular complexity index is 714. The van der Waals surface area contributed by atoms with Crippen LogP contribution in [0.4, 0.5) is 0 Å². The van der Waals surface area contributed by atoms with Crippen LogP contribution in [0.5, 0.6) is 5.75 Å². The van der Waals surface area contributed by atoms with Gasteiger partial charge in [0.2, 0.25) is 5.91 Å². The first-order valence-electron chi connectivity index (χ1n) is 10.2. The second-order valence-corrected chi connectivity index (χ2v) is 7.20. The van der Waals surface area contributed by atoms with E-state index in [1.807, 2.05) is 6.92 Å². The van der Waals surface area contributed by atoms with E-state index in [2.05, 4.69) is 5.32 Å². The van der Waals surface area contributed by atoms with Crippen LogP contribution in [-0.4, -0.2) is 67.7 Å². The zero-order valence-electron chi connectivity index (χ0n) is 16.7. The van der Waals surface area contributed by atoms with E-state index in [1.54, 1.807) is 24.3 Å². The van der Waals surface area contributed by atoms with Crippen molar-refractivity contribution < 1.29 is 28.6 Å². The molecule has 158 valence electrons. The molecule has 3 rings (SSSR count). The van der Waals surface area contributed by atoms with Crippen molar-refractivity contribution in [3.63, 3.8) is 0 Å². The van der Waals surface area contributed by atoms with Gasteiger partial charge in [-0.05, 0) is 43.5 Å². The van der Waals surface area contributed by atoms with Crippen molar-refractivity contribution in [2.75, 3.05) is 32.9 Å². The number of hydrogen-bond acceptors (Lipinski definition) is 6. The molecular formula is C21H28N2O6. The number of nitrogens with one attached hydrogen (secondary N) is 1. The minimum Gasteiger partial charge on any atom is -0.494 e. The van der Waals surface area contributed by atoms with Crippen LogP contribution in [0.2, 0.25) is 0 Å². The fourth-order valence-corrected chi connectivity index (χ4v) is 3.42.